The molecule has 1 saturated carbocycles. The van der Waals surface area contributed by atoms with Gasteiger partial charge in [0.1, 0.15) is 0 Å². The number of methoxy groups -OCH3 is 1. The lowest BCUT2D eigenvalue weighted by Crippen LogP contribution is -2.28. The summed E-state index contributed by atoms with van der Waals surface area (Å²) in [7, 11) is 1.20. The van der Waals surface area contributed by atoms with Crippen LogP contribution in [0.25, 0.3) is 0 Å². The summed E-state index contributed by atoms with van der Waals surface area (Å²) in [4.78, 5) is 0. The SMILES string of the molecule is COCCC[SiH]1CCC(C2CCC(c3cc(F)c(OC(F)F)c(F)c3)CC2)CC1. The van der Waals surface area contributed by atoms with Crippen LogP contribution in [0.2, 0.25) is 18.1 Å². The first-order valence-electron chi connectivity index (χ1n) is 10.9. The van der Waals surface area contributed by atoms with Crippen molar-refractivity contribution in [2.24, 2.45) is 11.8 Å². The van der Waals surface area contributed by atoms with Gasteiger partial charge in [0, 0.05) is 22.5 Å². The average Bonchev–Trinajstić information content (AvgIpc) is 2.71. The molecular formula is C22H32F4O2Si. The third kappa shape index (κ3) is 6.20. The van der Waals surface area contributed by atoms with Crippen molar-refractivity contribution in [3.8, 4) is 5.75 Å². The fourth-order valence-electron chi connectivity index (χ4n) is 5.41. The minimum Gasteiger partial charge on any atom is -0.429 e. The van der Waals surface area contributed by atoms with Gasteiger partial charge in [0.2, 0.25) is 0 Å². The molecule has 0 atom stereocenters. The van der Waals surface area contributed by atoms with E-state index in [1.54, 1.807) is 7.11 Å². The third-order valence-corrected chi connectivity index (χ3v) is 10.5. The van der Waals surface area contributed by atoms with Crippen LogP contribution < -0.4 is 4.74 Å². The topological polar surface area (TPSA) is 18.5 Å². The molecule has 1 saturated heterocycles. The zero-order valence-corrected chi connectivity index (χ0v) is 18.3. The van der Waals surface area contributed by atoms with Crippen LogP contribution in [-0.4, -0.2) is 29.1 Å². The molecule has 2 nitrogen and oxygen atoms in total. The molecule has 0 amide bonds. The molecule has 1 aliphatic heterocycles. The van der Waals surface area contributed by atoms with Crippen molar-refractivity contribution in [1.29, 1.82) is 0 Å². The highest BCUT2D eigenvalue weighted by atomic mass is 28.3. The summed E-state index contributed by atoms with van der Waals surface area (Å²) in [5.41, 5.74) is 0.564. The van der Waals surface area contributed by atoms with Gasteiger partial charge < -0.3 is 9.47 Å². The Morgan fingerprint density at radius 3 is 2.10 bits per heavy atom. The molecule has 0 bridgehead atoms. The van der Waals surface area contributed by atoms with E-state index in [0.29, 0.717) is 5.56 Å². The number of rotatable bonds is 8. The lowest BCUT2D eigenvalue weighted by atomic mass is 9.72. The molecule has 3 rings (SSSR count). The summed E-state index contributed by atoms with van der Waals surface area (Å²) < 4.78 is 61.8. The zero-order valence-electron chi connectivity index (χ0n) is 17.1. The molecule has 0 unspecified atom stereocenters. The molecule has 164 valence electrons. The maximum atomic E-state index is 14.0. The molecule has 2 fully saturated rings. The van der Waals surface area contributed by atoms with E-state index in [1.807, 2.05) is 0 Å². The zero-order chi connectivity index (χ0) is 20.8. The Bertz CT molecular complexity index is 619. The van der Waals surface area contributed by atoms with Gasteiger partial charge in [-0.2, -0.15) is 8.78 Å². The van der Waals surface area contributed by atoms with Crippen LogP contribution >= 0.6 is 0 Å². The van der Waals surface area contributed by atoms with E-state index in [-0.39, 0.29) is 5.92 Å². The maximum Gasteiger partial charge on any atom is 0.387 e. The van der Waals surface area contributed by atoms with Crippen molar-refractivity contribution in [1.82, 2.24) is 0 Å². The molecule has 0 radical (unpaired) electrons. The molecule has 1 aromatic carbocycles. The quantitative estimate of drug-likeness (QED) is 0.265. The Morgan fingerprint density at radius 1 is 0.966 bits per heavy atom. The van der Waals surface area contributed by atoms with Crippen molar-refractivity contribution >= 4 is 8.80 Å². The molecular weight excluding hydrogens is 400 g/mol. The van der Waals surface area contributed by atoms with E-state index in [0.717, 1.165) is 44.1 Å². The molecule has 0 aromatic heterocycles. The minimum absolute atomic E-state index is 0.0932. The summed E-state index contributed by atoms with van der Waals surface area (Å²) >= 11 is 0. The second-order valence-corrected chi connectivity index (χ2v) is 12.2. The maximum absolute atomic E-state index is 14.0. The second-order valence-electron chi connectivity index (χ2n) is 8.72. The largest absolute Gasteiger partial charge is 0.429 e. The summed E-state index contributed by atoms with van der Waals surface area (Å²) in [6, 6.07) is 6.62. The number of ether oxygens (including phenoxy) is 2. The van der Waals surface area contributed by atoms with Crippen LogP contribution in [0.5, 0.6) is 5.75 Å². The first-order valence-corrected chi connectivity index (χ1v) is 13.4. The molecule has 0 N–H and O–H groups in total. The van der Waals surface area contributed by atoms with Crippen LogP contribution in [0.4, 0.5) is 17.6 Å². The summed E-state index contributed by atoms with van der Waals surface area (Å²) in [5.74, 6) is -1.45. The van der Waals surface area contributed by atoms with Gasteiger partial charge in [0.15, 0.2) is 17.4 Å². The van der Waals surface area contributed by atoms with Crippen LogP contribution in [0, 0.1) is 23.5 Å². The van der Waals surface area contributed by atoms with Gasteiger partial charge in [-0.1, -0.05) is 31.0 Å². The molecule has 1 aromatic rings. The number of alkyl halides is 2. The van der Waals surface area contributed by atoms with E-state index in [2.05, 4.69) is 4.74 Å². The smallest absolute Gasteiger partial charge is 0.387 e. The fraction of sp³-hybridized carbons (Fsp3) is 0.727. The van der Waals surface area contributed by atoms with Crippen molar-refractivity contribution in [3.63, 3.8) is 0 Å². The van der Waals surface area contributed by atoms with E-state index in [9.17, 15) is 17.6 Å². The normalized spacial score (nSPS) is 27.9. The molecule has 1 aliphatic carbocycles. The van der Waals surface area contributed by atoms with Gasteiger partial charge in [0.05, 0.1) is 0 Å². The van der Waals surface area contributed by atoms with Crippen molar-refractivity contribution in [2.45, 2.75) is 75.6 Å². The van der Waals surface area contributed by atoms with E-state index < -0.39 is 32.8 Å². The number of hydrogen-bond acceptors (Lipinski definition) is 2. The minimum atomic E-state index is -3.24. The Hall–Kier alpha value is -1.08. The van der Waals surface area contributed by atoms with E-state index in [4.69, 9.17) is 4.74 Å². The molecule has 1 heterocycles. The van der Waals surface area contributed by atoms with Gasteiger partial charge in [-0.3, -0.25) is 0 Å². The molecule has 29 heavy (non-hydrogen) atoms. The number of benzene rings is 1. The first-order chi connectivity index (χ1) is 14.0. The van der Waals surface area contributed by atoms with Crippen molar-refractivity contribution in [2.75, 3.05) is 13.7 Å². The Labute approximate surface area is 172 Å². The fourth-order valence-corrected chi connectivity index (χ4v) is 8.81. The summed E-state index contributed by atoms with van der Waals surface area (Å²) in [6.45, 7) is -2.36. The Kier molecular flexibility index (Phi) is 8.42. The Morgan fingerprint density at radius 2 is 1.55 bits per heavy atom. The monoisotopic (exact) mass is 432 g/mol. The third-order valence-electron chi connectivity index (χ3n) is 6.99. The van der Waals surface area contributed by atoms with E-state index >= 15 is 0 Å². The lowest BCUT2D eigenvalue weighted by Gasteiger charge is -2.37. The second kappa shape index (κ2) is 10.8. The van der Waals surface area contributed by atoms with Crippen LogP contribution in [0.1, 0.15) is 56.4 Å². The van der Waals surface area contributed by atoms with Gasteiger partial charge in [0.25, 0.3) is 0 Å². The standard InChI is InChI=1S/C22H32F4O2Si/c1-27-9-2-10-29-11-7-17(8-12-29)15-3-5-16(6-4-15)18-13-19(23)21(20(24)14-18)28-22(25)26/h13-17,22,29H,2-12H2,1H3. The lowest BCUT2D eigenvalue weighted by molar-refractivity contribution is -0.0546. The van der Waals surface area contributed by atoms with Crippen LogP contribution in [-0.2, 0) is 4.74 Å². The highest BCUT2D eigenvalue weighted by molar-refractivity contribution is 6.58. The number of halogens is 4. The summed E-state index contributed by atoms with van der Waals surface area (Å²) in [6.07, 6.45) is 7.89. The number of hydrogen-bond donors (Lipinski definition) is 0. The van der Waals surface area contributed by atoms with Gasteiger partial charge in [-0.05, 0) is 67.6 Å². The van der Waals surface area contributed by atoms with Crippen LogP contribution in [0.3, 0.4) is 0 Å². The molecule has 2 aliphatic rings. The average molecular weight is 433 g/mol. The first kappa shape index (κ1) is 22.6. The van der Waals surface area contributed by atoms with Gasteiger partial charge >= 0.3 is 6.61 Å². The van der Waals surface area contributed by atoms with Crippen molar-refractivity contribution < 1.29 is 27.0 Å². The van der Waals surface area contributed by atoms with Gasteiger partial charge in [-0.25, -0.2) is 8.78 Å². The van der Waals surface area contributed by atoms with E-state index in [1.165, 1.54) is 49.5 Å². The van der Waals surface area contributed by atoms with Crippen molar-refractivity contribution in [3.05, 3.63) is 29.3 Å². The summed E-state index contributed by atoms with van der Waals surface area (Å²) in [5, 5.41) is 0. The highest BCUT2D eigenvalue weighted by Crippen LogP contribution is 2.44. The Balaban J connectivity index is 1.48. The molecule has 7 heteroatoms. The van der Waals surface area contributed by atoms with Crippen LogP contribution in [0.15, 0.2) is 12.1 Å². The predicted molar refractivity (Wildman–Crippen MR) is 108 cm³/mol. The highest BCUT2D eigenvalue weighted by Gasteiger charge is 2.32. The molecule has 0 spiro atoms. The van der Waals surface area contributed by atoms with Gasteiger partial charge in [-0.15, -0.1) is 0 Å². The predicted octanol–water partition coefficient (Wildman–Crippen LogP) is 6.51.